The maximum Gasteiger partial charge on any atom is 0.0682 e. The molecule has 4 rings (SSSR count). The van der Waals surface area contributed by atoms with Crippen molar-refractivity contribution in [3.8, 4) is 0 Å². The Balaban J connectivity index is 1.57. The monoisotopic (exact) mass is 430 g/mol. The van der Waals surface area contributed by atoms with Gasteiger partial charge >= 0.3 is 0 Å². The Hall–Kier alpha value is -0.340. The summed E-state index contributed by atoms with van der Waals surface area (Å²) in [5, 5.41) is 21.1. The maximum absolute atomic E-state index is 11.0. The van der Waals surface area contributed by atoms with Crippen molar-refractivity contribution in [1.29, 1.82) is 0 Å². The minimum absolute atomic E-state index is 0.117. The van der Waals surface area contributed by atoms with Gasteiger partial charge in [-0.1, -0.05) is 53.2 Å². The zero-order valence-corrected chi connectivity index (χ0v) is 21.3. The van der Waals surface area contributed by atoms with Crippen LogP contribution in [0.2, 0.25) is 0 Å². The Bertz CT molecular complexity index is 699. The molecule has 0 bridgehead atoms. The van der Waals surface area contributed by atoms with E-state index in [2.05, 4.69) is 47.6 Å². The first-order valence-electron chi connectivity index (χ1n) is 13.6. The summed E-state index contributed by atoms with van der Waals surface area (Å²) in [5.41, 5.74) is 2.31. The third-order valence-electron chi connectivity index (χ3n) is 11.9. The van der Waals surface area contributed by atoms with E-state index in [0.717, 1.165) is 49.9 Å². The Morgan fingerprint density at radius 1 is 0.968 bits per heavy atom. The molecule has 178 valence electrons. The molecule has 0 radical (unpaired) electrons. The van der Waals surface area contributed by atoms with Crippen LogP contribution in [0.25, 0.3) is 0 Å². The molecule has 4 aliphatic carbocycles. The van der Waals surface area contributed by atoms with Gasteiger partial charge in [-0.2, -0.15) is 0 Å². The minimum atomic E-state index is -0.456. The first-order valence-corrected chi connectivity index (χ1v) is 13.6. The summed E-state index contributed by atoms with van der Waals surface area (Å²) in [6.45, 7) is 14.6. The smallest absolute Gasteiger partial charge is 0.0682 e. The normalized spacial score (nSPS) is 48.9. The zero-order valence-electron chi connectivity index (χ0n) is 21.3. The van der Waals surface area contributed by atoms with Crippen molar-refractivity contribution >= 4 is 0 Å². The number of aliphatic hydroxyl groups excluding tert-OH is 1. The summed E-state index contributed by atoms with van der Waals surface area (Å²) in [6.07, 6.45) is 16.2. The van der Waals surface area contributed by atoms with E-state index in [1.54, 1.807) is 5.57 Å². The lowest BCUT2D eigenvalue weighted by molar-refractivity contribution is -0.121. The third kappa shape index (κ3) is 3.58. The standard InChI is InChI=1S/C29H50O2/c1-7-22(30)11-9-20(3)23-13-15-28(6)25-12-10-21-19-29(31,8-2)18-17-26(21,4)24(25)14-16-27(23,28)5/h10,20,22-25,30-31H,7-9,11-19H2,1-6H3/t20-,22?,23-,24+,25-,26+,27-,28+,29+/m1/s1. The van der Waals surface area contributed by atoms with Gasteiger partial charge in [-0.15, -0.1) is 0 Å². The Morgan fingerprint density at radius 2 is 1.68 bits per heavy atom. The highest BCUT2D eigenvalue weighted by atomic mass is 16.3. The van der Waals surface area contributed by atoms with Crippen molar-refractivity contribution in [2.24, 2.45) is 39.9 Å². The Kier molecular flexibility index (Phi) is 6.26. The minimum Gasteiger partial charge on any atom is -0.393 e. The maximum atomic E-state index is 11.0. The van der Waals surface area contributed by atoms with E-state index < -0.39 is 5.60 Å². The summed E-state index contributed by atoms with van der Waals surface area (Å²) in [7, 11) is 0. The van der Waals surface area contributed by atoms with E-state index in [4.69, 9.17) is 0 Å². The highest BCUT2D eigenvalue weighted by molar-refractivity contribution is 5.28. The largest absolute Gasteiger partial charge is 0.393 e. The highest BCUT2D eigenvalue weighted by Crippen LogP contribution is 2.73. The molecule has 0 saturated heterocycles. The molecule has 9 atom stereocenters. The van der Waals surface area contributed by atoms with Crippen LogP contribution in [-0.4, -0.2) is 21.9 Å². The summed E-state index contributed by atoms with van der Waals surface area (Å²) >= 11 is 0. The molecule has 2 N–H and O–H groups in total. The average molecular weight is 431 g/mol. The predicted octanol–water partition coefficient (Wildman–Crippen LogP) is 7.28. The number of aliphatic hydroxyl groups is 2. The van der Waals surface area contributed by atoms with Crippen molar-refractivity contribution in [3.63, 3.8) is 0 Å². The van der Waals surface area contributed by atoms with Gasteiger partial charge in [-0.05, 0) is 117 Å². The van der Waals surface area contributed by atoms with Gasteiger partial charge in [0.2, 0.25) is 0 Å². The quantitative estimate of drug-likeness (QED) is 0.434. The molecule has 0 aromatic rings. The third-order valence-corrected chi connectivity index (χ3v) is 11.9. The molecule has 31 heavy (non-hydrogen) atoms. The average Bonchev–Trinajstić information content (AvgIpc) is 3.03. The van der Waals surface area contributed by atoms with Crippen molar-refractivity contribution in [2.45, 2.75) is 130 Å². The van der Waals surface area contributed by atoms with Crippen LogP contribution in [0.15, 0.2) is 11.6 Å². The lowest BCUT2D eigenvalue weighted by Crippen LogP contribution is -2.56. The molecule has 2 heteroatoms. The summed E-state index contributed by atoms with van der Waals surface area (Å²) in [4.78, 5) is 0. The van der Waals surface area contributed by atoms with Crippen LogP contribution >= 0.6 is 0 Å². The lowest BCUT2D eigenvalue weighted by Gasteiger charge is -2.63. The second-order valence-electron chi connectivity index (χ2n) is 13.0. The van der Waals surface area contributed by atoms with Crippen molar-refractivity contribution < 1.29 is 10.2 Å². The molecule has 3 saturated carbocycles. The van der Waals surface area contributed by atoms with E-state index in [1.165, 1.54) is 44.9 Å². The number of hydrogen-bond acceptors (Lipinski definition) is 2. The van der Waals surface area contributed by atoms with Gasteiger partial charge in [-0.25, -0.2) is 0 Å². The molecule has 0 aromatic carbocycles. The van der Waals surface area contributed by atoms with Crippen LogP contribution in [0.3, 0.4) is 0 Å². The van der Waals surface area contributed by atoms with E-state index in [9.17, 15) is 10.2 Å². The summed E-state index contributed by atoms with van der Waals surface area (Å²) in [6, 6.07) is 0. The van der Waals surface area contributed by atoms with Crippen LogP contribution in [0.1, 0.15) is 119 Å². The van der Waals surface area contributed by atoms with Crippen molar-refractivity contribution in [2.75, 3.05) is 0 Å². The molecule has 0 amide bonds. The van der Waals surface area contributed by atoms with Gasteiger partial charge in [0.25, 0.3) is 0 Å². The molecule has 3 fully saturated rings. The van der Waals surface area contributed by atoms with Crippen molar-refractivity contribution in [1.82, 2.24) is 0 Å². The SMILES string of the molecule is CCC(O)CC[C@@H](C)[C@H]1CC[C@@]2(C)[C@@H]3CC=C4C[C@](O)(CC)CC[C@]4(C)[C@H]3CC[C@]12C. The van der Waals surface area contributed by atoms with E-state index in [-0.39, 0.29) is 6.10 Å². The number of hydrogen-bond donors (Lipinski definition) is 2. The second kappa shape index (κ2) is 8.15. The fourth-order valence-electron chi connectivity index (χ4n) is 9.22. The highest BCUT2D eigenvalue weighted by Gasteiger charge is 2.65. The molecule has 0 aliphatic heterocycles. The van der Waals surface area contributed by atoms with E-state index in [0.29, 0.717) is 22.2 Å². The second-order valence-corrected chi connectivity index (χ2v) is 13.0. The Labute approximate surface area is 192 Å². The van der Waals surface area contributed by atoms with Gasteiger partial charge in [-0.3, -0.25) is 0 Å². The molecule has 4 aliphatic rings. The Morgan fingerprint density at radius 3 is 2.35 bits per heavy atom. The van der Waals surface area contributed by atoms with E-state index in [1.807, 2.05) is 0 Å². The van der Waals surface area contributed by atoms with E-state index >= 15 is 0 Å². The molecule has 0 heterocycles. The fourth-order valence-corrected chi connectivity index (χ4v) is 9.22. The number of rotatable bonds is 6. The predicted molar refractivity (Wildman–Crippen MR) is 130 cm³/mol. The van der Waals surface area contributed by atoms with Crippen LogP contribution in [0.4, 0.5) is 0 Å². The van der Waals surface area contributed by atoms with Gasteiger partial charge in [0.05, 0.1) is 11.7 Å². The van der Waals surface area contributed by atoms with Gasteiger partial charge in [0, 0.05) is 0 Å². The molecular weight excluding hydrogens is 380 g/mol. The van der Waals surface area contributed by atoms with Crippen molar-refractivity contribution in [3.05, 3.63) is 11.6 Å². The molecular formula is C29H50O2. The lowest BCUT2D eigenvalue weighted by atomic mass is 9.41. The van der Waals surface area contributed by atoms with Gasteiger partial charge < -0.3 is 10.2 Å². The topological polar surface area (TPSA) is 40.5 Å². The van der Waals surface area contributed by atoms with Crippen LogP contribution < -0.4 is 0 Å². The number of allylic oxidation sites excluding steroid dienone is 1. The summed E-state index contributed by atoms with van der Waals surface area (Å²) in [5.74, 6) is 3.11. The molecule has 2 nitrogen and oxygen atoms in total. The number of fused-ring (bicyclic) bond motifs is 5. The van der Waals surface area contributed by atoms with Crippen LogP contribution in [-0.2, 0) is 0 Å². The van der Waals surface area contributed by atoms with Crippen LogP contribution in [0, 0.1) is 39.9 Å². The first kappa shape index (κ1) is 23.8. The van der Waals surface area contributed by atoms with Gasteiger partial charge in [0.15, 0.2) is 0 Å². The van der Waals surface area contributed by atoms with Crippen LogP contribution in [0.5, 0.6) is 0 Å². The molecule has 1 unspecified atom stereocenters. The fraction of sp³-hybridized carbons (Fsp3) is 0.931. The molecule has 0 spiro atoms. The zero-order chi connectivity index (χ0) is 22.7. The van der Waals surface area contributed by atoms with Gasteiger partial charge in [0.1, 0.15) is 0 Å². The molecule has 0 aromatic heterocycles. The first-order chi connectivity index (χ1) is 14.5. The summed E-state index contributed by atoms with van der Waals surface area (Å²) < 4.78 is 0.